The van der Waals surface area contributed by atoms with Gasteiger partial charge < -0.3 is 15.2 Å². The highest BCUT2D eigenvalue weighted by Gasteiger charge is 2.22. The molecule has 3 atom stereocenters. The Kier molecular flexibility index (Phi) is 5.86. The third-order valence-corrected chi connectivity index (χ3v) is 4.26. The quantitative estimate of drug-likeness (QED) is 0.805. The molecular formula is C17H27NO2. The van der Waals surface area contributed by atoms with Gasteiger partial charge in [-0.2, -0.15) is 0 Å². The first-order valence-electron chi connectivity index (χ1n) is 7.73. The average molecular weight is 277 g/mol. The Labute approximate surface area is 122 Å². The summed E-state index contributed by atoms with van der Waals surface area (Å²) < 4.78 is 5.60. The second-order valence-electron chi connectivity index (χ2n) is 6.11. The molecule has 1 saturated carbocycles. The van der Waals surface area contributed by atoms with Crippen LogP contribution in [-0.4, -0.2) is 30.9 Å². The van der Waals surface area contributed by atoms with Crippen molar-refractivity contribution in [1.82, 2.24) is 5.32 Å². The van der Waals surface area contributed by atoms with E-state index in [9.17, 15) is 5.11 Å². The Morgan fingerprint density at radius 3 is 2.95 bits per heavy atom. The van der Waals surface area contributed by atoms with Crippen molar-refractivity contribution in [3.05, 3.63) is 29.8 Å². The molecule has 3 nitrogen and oxygen atoms in total. The molecular weight excluding hydrogens is 250 g/mol. The van der Waals surface area contributed by atoms with Crippen molar-refractivity contribution < 1.29 is 9.84 Å². The summed E-state index contributed by atoms with van der Waals surface area (Å²) in [5.74, 6) is 2.43. The number of aliphatic hydroxyl groups is 1. The van der Waals surface area contributed by atoms with Crippen molar-refractivity contribution in [2.24, 2.45) is 11.8 Å². The molecule has 0 heterocycles. The number of ether oxygens (including phenoxy) is 1. The highest BCUT2D eigenvalue weighted by atomic mass is 16.5. The number of hydrogen-bond donors (Lipinski definition) is 2. The normalized spacial score (nSPS) is 23.8. The molecule has 3 heteroatoms. The van der Waals surface area contributed by atoms with Gasteiger partial charge in [-0.3, -0.25) is 0 Å². The zero-order chi connectivity index (χ0) is 14.4. The SMILES string of the molecule is Cc1cccc(OCC(O)CNCC2CCCC2C)c1. The number of aryl methyl sites for hydroxylation is 1. The molecule has 1 aliphatic carbocycles. The molecule has 1 aromatic rings. The molecule has 0 amide bonds. The van der Waals surface area contributed by atoms with E-state index in [1.807, 2.05) is 31.2 Å². The number of benzene rings is 1. The monoisotopic (exact) mass is 277 g/mol. The molecule has 2 rings (SSSR count). The molecule has 1 fully saturated rings. The topological polar surface area (TPSA) is 41.5 Å². The molecule has 112 valence electrons. The number of nitrogens with one attached hydrogen (secondary N) is 1. The van der Waals surface area contributed by atoms with Gasteiger partial charge in [-0.05, 0) is 49.4 Å². The van der Waals surface area contributed by atoms with Gasteiger partial charge in [0.2, 0.25) is 0 Å². The van der Waals surface area contributed by atoms with Gasteiger partial charge >= 0.3 is 0 Å². The van der Waals surface area contributed by atoms with Crippen molar-refractivity contribution in [3.63, 3.8) is 0 Å². The van der Waals surface area contributed by atoms with Crippen LogP contribution in [0.5, 0.6) is 5.75 Å². The molecule has 20 heavy (non-hydrogen) atoms. The van der Waals surface area contributed by atoms with Gasteiger partial charge in [-0.15, -0.1) is 0 Å². The first-order chi connectivity index (χ1) is 9.65. The third kappa shape index (κ3) is 4.80. The highest BCUT2D eigenvalue weighted by molar-refractivity contribution is 5.27. The van der Waals surface area contributed by atoms with Crippen molar-refractivity contribution >= 4 is 0 Å². The van der Waals surface area contributed by atoms with E-state index in [1.165, 1.54) is 24.8 Å². The minimum atomic E-state index is -0.452. The van der Waals surface area contributed by atoms with Crippen LogP contribution in [0.3, 0.4) is 0 Å². The van der Waals surface area contributed by atoms with Crippen LogP contribution in [0.1, 0.15) is 31.7 Å². The summed E-state index contributed by atoms with van der Waals surface area (Å²) in [6, 6.07) is 7.91. The lowest BCUT2D eigenvalue weighted by atomic mass is 9.98. The third-order valence-electron chi connectivity index (χ3n) is 4.26. The van der Waals surface area contributed by atoms with E-state index in [2.05, 4.69) is 12.2 Å². The Morgan fingerprint density at radius 2 is 2.25 bits per heavy atom. The smallest absolute Gasteiger partial charge is 0.119 e. The van der Waals surface area contributed by atoms with E-state index in [0.717, 1.165) is 24.1 Å². The van der Waals surface area contributed by atoms with Crippen molar-refractivity contribution in [2.75, 3.05) is 19.7 Å². The van der Waals surface area contributed by atoms with Crippen LogP contribution in [0.2, 0.25) is 0 Å². The summed E-state index contributed by atoms with van der Waals surface area (Å²) in [6.45, 7) is 6.33. The zero-order valence-electron chi connectivity index (χ0n) is 12.6. The molecule has 0 aliphatic heterocycles. The van der Waals surface area contributed by atoms with E-state index in [-0.39, 0.29) is 0 Å². The standard InChI is InChI=1S/C17H27NO2/c1-13-5-3-8-17(9-13)20-12-16(19)11-18-10-15-7-4-6-14(15)2/h3,5,8-9,14-16,18-19H,4,6-7,10-12H2,1-2H3. The van der Waals surface area contributed by atoms with Gasteiger partial charge in [0.25, 0.3) is 0 Å². The first-order valence-corrected chi connectivity index (χ1v) is 7.73. The fourth-order valence-corrected chi connectivity index (χ4v) is 2.92. The molecule has 0 spiro atoms. The summed E-state index contributed by atoms with van der Waals surface area (Å²) in [5.41, 5.74) is 1.17. The molecule has 1 aromatic carbocycles. The van der Waals surface area contributed by atoms with Crippen LogP contribution in [0.25, 0.3) is 0 Å². The number of aliphatic hydroxyl groups excluding tert-OH is 1. The Balaban J connectivity index is 1.61. The van der Waals surface area contributed by atoms with Gasteiger partial charge in [0.15, 0.2) is 0 Å². The zero-order valence-corrected chi connectivity index (χ0v) is 12.6. The first kappa shape index (κ1) is 15.3. The van der Waals surface area contributed by atoms with Gasteiger partial charge in [-0.1, -0.05) is 31.9 Å². The predicted molar refractivity (Wildman–Crippen MR) is 82.1 cm³/mol. The molecule has 0 saturated heterocycles. The second kappa shape index (κ2) is 7.65. The van der Waals surface area contributed by atoms with Crippen LogP contribution in [-0.2, 0) is 0 Å². The van der Waals surface area contributed by atoms with E-state index in [4.69, 9.17) is 4.74 Å². The minimum Gasteiger partial charge on any atom is -0.491 e. The van der Waals surface area contributed by atoms with E-state index < -0.39 is 6.10 Å². The van der Waals surface area contributed by atoms with Crippen molar-refractivity contribution in [1.29, 1.82) is 0 Å². The van der Waals surface area contributed by atoms with Crippen molar-refractivity contribution in [2.45, 2.75) is 39.2 Å². The predicted octanol–water partition coefficient (Wildman–Crippen LogP) is 2.76. The maximum absolute atomic E-state index is 9.93. The Morgan fingerprint density at radius 1 is 1.40 bits per heavy atom. The number of hydrogen-bond acceptors (Lipinski definition) is 3. The number of rotatable bonds is 7. The van der Waals surface area contributed by atoms with Crippen molar-refractivity contribution in [3.8, 4) is 5.75 Å². The van der Waals surface area contributed by atoms with Gasteiger partial charge in [0, 0.05) is 6.54 Å². The molecule has 0 bridgehead atoms. The summed E-state index contributed by atoms with van der Waals surface area (Å²) >= 11 is 0. The van der Waals surface area contributed by atoms with Gasteiger partial charge in [0.05, 0.1) is 0 Å². The summed E-state index contributed by atoms with van der Waals surface area (Å²) in [5, 5.41) is 13.3. The summed E-state index contributed by atoms with van der Waals surface area (Å²) in [7, 11) is 0. The van der Waals surface area contributed by atoms with Crippen LogP contribution in [0.4, 0.5) is 0 Å². The summed E-state index contributed by atoms with van der Waals surface area (Å²) in [6.07, 6.45) is 3.58. The maximum Gasteiger partial charge on any atom is 0.119 e. The van der Waals surface area contributed by atoms with Gasteiger partial charge in [0.1, 0.15) is 18.5 Å². The van der Waals surface area contributed by atoms with Crippen LogP contribution in [0.15, 0.2) is 24.3 Å². The van der Waals surface area contributed by atoms with Crippen LogP contribution < -0.4 is 10.1 Å². The second-order valence-corrected chi connectivity index (χ2v) is 6.11. The lowest BCUT2D eigenvalue weighted by molar-refractivity contribution is 0.105. The van der Waals surface area contributed by atoms with Crippen LogP contribution in [0, 0.1) is 18.8 Å². The lowest BCUT2D eigenvalue weighted by Crippen LogP contribution is -2.34. The molecule has 0 aromatic heterocycles. The molecule has 3 unspecified atom stereocenters. The molecule has 2 N–H and O–H groups in total. The fraction of sp³-hybridized carbons (Fsp3) is 0.647. The van der Waals surface area contributed by atoms with Crippen LogP contribution >= 0.6 is 0 Å². The van der Waals surface area contributed by atoms with E-state index >= 15 is 0 Å². The van der Waals surface area contributed by atoms with E-state index in [0.29, 0.717) is 13.2 Å². The minimum absolute atomic E-state index is 0.344. The Hall–Kier alpha value is -1.06. The largest absolute Gasteiger partial charge is 0.491 e. The molecule has 0 radical (unpaired) electrons. The lowest BCUT2D eigenvalue weighted by Gasteiger charge is -2.18. The van der Waals surface area contributed by atoms with E-state index in [1.54, 1.807) is 0 Å². The average Bonchev–Trinajstić information content (AvgIpc) is 2.82. The fourth-order valence-electron chi connectivity index (χ4n) is 2.92. The van der Waals surface area contributed by atoms with Gasteiger partial charge in [-0.25, -0.2) is 0 Å². The Bertz CT molecular complexity index is 408. The summed E-state index contributed by atoms with van der Waals surface area (Å²) in [4.78, 5) is 0. The highest BCUT2D eigenvalue weighted by Crippen LogP contribution is 2.30. The maximum atomic E-state index is 9.93. The molecule has 1 aliphatic rings.